The Balaban J connectivity index is 1.73. The van der Waals surface area contributed by atoms with Crippen LogP contribution in [0.5, 0.6) is 5.75 Å². The van der Waals surface area contributed by atoms with Crippen LogP contribution in [0.3, 0.4) is 0 Å². The molecule has 0 unspecified atom stereocenters. The molecule has 1 aromatic carbocycles. The summed E-state index contributed by atoms with van der Waals surface area (Å²) < 4.78 is 38.6. The number of halogens is 2. The number of fused-ring (bicyclic) bond motifs is 1. The number of ether oxygens (including phenoxy) is 2. The number of amides is 1. The van der Waals surface area contributed by atoms with Crippen molar-refractivity contribution in [1.82, 2.24) is 4.90 Å². The van der Waals surface area contributed by atoms with Gasteiger partial charge in [0, 0.05) is 18.7 Å². The fraction of sp³-hybridized carbons (Fsp3) is 0.591. The predicted octanol–water partition coefficient (Wildman–Crippen LogP) is 4.09. The Hall–Kier alpha value is -2.89. The van der Waals surface area contributed by atoms with Crippen molar-refractivity contribution in [3.05, 3.63) is 29.3 Å². The molecule has 31 heavy (non-hydrogen) atoms. The number of nitriles is 1. The molecule has 0 aromatic heterocycles. The van der Waals surface area contributed by atoms with Gasteiger partial charge in [-0.3, -0.25) is 4.90 Å². The lowest BCUT2D eigenvalue weighted by Gasteiger charge is -2.46. The fourth-order valence-corrected chi connectivity index (χ4v) is 4.40. The molecular formula is C22H26F2N2O5. The van der Waals surface area contributed by atoms with Crippen LogP contribution in [0.1, 0.15) is 52.0 Å². The van der Waals surface area contributed by atoms with Crippen LogP contribution < -0.4 is 4.74 Å². The van der Waals surface area contributed by atoms with Gasteiger partial charge in [-0.25, -0.2) is 18.4 Å². The zero-order chi connectivity index (χ0) is 22.9. The van der Waals surface area contributed by atoms with Gasteiger partial charge in [0.2, 0.25) is 0 Å². The summed E-state index contributed by atoms with van der Waals surface area (Å²) in [6, 6.07) is 2.29. The molecule has 2 aliphatic rings. The van der Waals surface area contributed by atoms with Crippen molar-refractivity contribution in [2.24, 2.45) is 11.8 Å². The van der Waals surface area contributed by atoms with Gasteiger partial charge < -0.3 is 14.6 Å². The van der Waals surface area contributed by atoms with Crippen molar-refractivity contribution in [2.75, 3.05) is 6.54 Å². The lowest BCUT2D eigenvalue weighted by molar-refractivity contribution is -0.147. The molecule has 9 heteroatoms. The zero-order valence-corrected chi connectivity index (χ0v) is 17.7. The molecule has 1 aliphatic heterocycles. The zero-order valence-electron chi connectivity index (χ0n) is 17.7. The van der Waals surface area contributed by atoms with Gasteiger partial charge in [-0.15, -0.1) is 0 Å². The second-order valence-corrected chi connectivity index (χ2v) is 9.17. The first kappa shape index (κ1) is 22.8. The van der Waals surface area contributed by atoms with E-state index in [1.165, 1.54) is 4.90 Å². The van der Waals surface area contributed by atoms with Gasteiger partial charge in [-0.05, 0) is 58.3 Å². The first-order valence-electron chi connectivity index (χ1n) is 10.3. The van der Waals surface area contributed by atoms with E-state index in [1.54, 1.807) is 26.8 Å². The molecule has 1 heterocycles. The summed E-state index contributed by atoms with van der Waals surface area (Å²) in [5.41, 5.74) is -1.09. The number of rotatable bonds is 3. The van der Waals surface area contributed by atoms with E-state index < -0.39 is 41.4 Å². The Morgan fingerprint density at radius 1 is 1.19 bits per heavy atom. The molecule has 4 atom stereocenters. The highest BCUT2D eigenvalue weighted by Gasteiger charge is 2.45. The Morgan fingerprint density at radius 2 is 1.90 bits per heavy atom. The minimum atomic E-state index is -1.11. The fourth-order valence-electron chi connectivity index (χ4n) is 4.40. The van der Waals surface area contributed by atoms with E-state index in [9.17, 15) is 23.5 Å². The monoisotopic (exact) mass is 436 g/mol. The summed E-state index contributed by atoms with van der Waals surface area (Å²) in [4.78, 5) is 25.7. The number of carboxylic acids is 1. The molecule has 0 radical (unpaired) electrons. The maximum absolute atomic E-state index is 13.9. The molecule has 1 amide bonds. The topological polar surface area (TPSA) is 99.9 Å². The van der Waals surface area contributed by atoms with E-state index in [0.29, 0.717) is 25.3 Å². The standard InChI is InChI=1S/C22H26F2N2O5/c1-22(2,3)31-21(29)26-11-12-4-5-15(6-13(12)7-18(26)20(27)28)30-19-9-14(23)8-17(24)16(19)10-25/h8-9,12-13,15,18H,4-7,11H2,1-3H3,(H,27,28)/t12-,13+,15-,18-/m0/s1. The number of carbonyl (C=O) groups excluding carboxylic acids is 1. The number of piperidine rings is 1. The van der Waals surface area contributed by atoms with E-state index in [1.807, 2.05) is 0 Å². The Bertz CT molecular complexity index is 908. The van der Waals surface area contributed by atoms with Crippen LogP contribution in [0.25, 0.3) is 0 Å². The molecule has 1 saturated carbocycles. The Labute approximate surface area is 179 Å². The van der Waals surface area contributed by atoms with Crippen LogP contribution in [-0.4, -0.2) is 46.4 Å². The molecule has 3 rings (SSSR count). The van der Waals surface area contributed by atoms with Crippen molar-refractivity contribution in [1.29, 1.82) is 5.26 Å². The van der Waals surface area contributed by atoms with Crippen molar-refractivity contribution in [2.45, 2.75) is 64.2 Å². The van der Waals surface area contributed by atoms with Crippen LogP contribution in [0.4, 0.5) is 13.6 Å². The van der Waals surface area contributed by atoms with Crippen molar-refractivity contribution < 1.29 is 33.0 Å². The van der Waals surface area contributed by atoms with Crippen LogP contribution in [0, 0.1) is 34.8 Å². The number of nitrogens with zero attached hydrogens (tertiary/aromatic N) is 2. The van der Waals surface area contributed by atoms with Gasteiger partial charge in [-0.2, -0.15) is 5.26 Å². The van der Waals surface area contributed by atoms with Gasteiger partial charge in [-0.1, -0.05) is 0 Å². The van der Waals surface area contributed by atoms with Crippen LogP contribution in [-0.2, 0) is 9.53 Å². The van der Waals surface area contributed by atoms with Crippen LogP contribution >= 0.6 is 0 Å². The van der Waals surface area contributed by atoms with E-state index in [0.717, 1.165) is 6.07 Å². The Kier molecular flexibility index (Phi) is 6.39. The van der Waals surface area contributed by atoms with E-state index >= 15 is 0 Å². The number of carbonyl (C=O) groups is 2. The highest BCUT2D eigenvalue weighted by atomic mass is 19.1. The molecule has 1 aromatic rings. The first-order chi connectivity index (χ1) is 14.5. The summed E-state index contributed by atoms with van der Waals surface area (Å²) in [6.07, 6.45) is 0.870. The molecular weight excluding hydrogens is 410 g/mol. The first-order valence-corrected chi connectivity index (χ1v) is 10.3. The third-order valence-electron chi connectivity index (χ3n) is 5.76. The molecule has 7 nitrogen and oxygen atoms in total. The number of likely N-dealkylation sites (tertiary alicyclic amines) is 1. The minimum absolute atomic E-state index is 0.0394. The number of carboxylic acid groups (broad SMARTS) is 1. The largest absolute Gasteiger partial charge is 0.489 e. The molecule has 0 spiro atoms. The van der Waals surface area contributed by atoms with E-state index in [4.69, 9.17) is 14.7 Å². The predicted molar refractivity (Wildman–Crippen MR) is 105 cm³/mol. The van der Waals surface area contributed by atoms with Crippen LogP contribution in [0.15, 0.2) is 12.1 Å². The third kappa shape index (κ3) is 5.24. The van der Waals surface area contributed by atoms with E-state index in [2.05, 4.69) is 0 Å². The molecule has 2 fully saturated rings. The van der Waals surface area contributed by atoms with Gasteiger partial charge in [0.25, 0.3) is 0 Å². The lowest BCUT2D eigenvalue weighted by atomic mass is 9.72. The number of hydrogen-bond donors (Lipinski definition) is 1. The number of hydrogen-bond acceptors (Lipinski definition) is 5. The SMILES string of the molecule is CC(C)(C)OC(=O)N1C[C@@H]2CC[C@H](Oc3cc(F)cc(F)c3C#N)C[C@@H]2C[C@H]1C(=O)O. The normalized spacial score (nSPS) is 25.9. The Morgan fingerprint density at radius 3 is 2.52 bits per heavy atom. The summed E-state index contributed by atoms with van der Waals surface area (Å²) >= 11 is 0. The van der Waals surface area contributed by atoms with Crippen molar-refractivity contribution in [3.63, 3.8) is 0 Å². The van der Waals surface area contributed by atoms with Gasteiger partial charge in [0.1, 0.15) is 40.7 Å². The van der Waals surface area contributed by atoms with Gasteiger partial charge in [0.15, 0.2) is 0 Å². The molecule has 0 bridgehead atoms. The summed E-state index contributed by atoms with van der Waals surface area (Å²) in [7, 11) is 0. The highest BCUT2D eigenvalue weighted by molar-refractivity contribution is 5.80. The number of aliphatic carboxylic acids is 1. The molecule has 168 valence electrons. The highest BCUT2D eigenvalue weighted by Crippen LogP contribution is 2.41. The smallest absolute Gasteiger partial charge is 0.411 e. The van der Waals surface area contributed by atoms with Crippen molar-refractivity contribution >= 4 is 12.1 Å². The number of benzene rings is 1. The second-order valence-electron chi connectivity index (χ2n) is 9.17. The molecule has 1 N–H and O–H groups in total. The lowest BCUT2D eigenvalue weighted by Crippen LogP contribution is -2.56. The van der Waals surface area contributed by atoms with Crippen molar-refractivity contribution in [3.8, 4) is 11.8 Å². The second kappa shape index (κ2) is 8.69. The van der Waals surface area contributed by atoms with Crippen LogP contribution in [0.2, 0.25) is 0 Å². The quantitative estimate of drug-likeness (QED) is 0.766. The van der Waals surface area contributed by atoms with Gasteiger partial charge >= 0.3 is 12.1 Å². The minimum Gasteiger partial charge on any atom is -0.489 e. The maximum Gasteiger partial charge on any atom is 0.411 e. The summed E-state index contributed by atoms with van der Waals surface area (Å²) in [6.45, 7) is 5.43. The van der Waals surface area contributed by atoms with E-state index in [-0.39, 0.29) is 36.1 Å². The molecule has 1 aliphatic carbocycles. The summed E-state index contributed by atoms with van der Waals surface area (Å²) in [5.74, 6) is -3.04. The maximum atomic E-state index is 13.9. The summed E-state index contributed by atoms with van der Waals surface area (Å²) in [5, 5.41) is 18.8. The molecule has 1 saturated heterocycles. The average molecular weight is 436 g/mol. The average Bonchev–Trinajstić information content (AvgIpc) is 2.65. The third-order valence-corrected chi connectivity index (χ3v) is 5.76. The van der Waals surface area contributed by atoms with Gasteiger partial charge in [0.05, 0.1) is 6.10 Å².